The molecule has 0 aliphatic carbocycles. The number of nitrogens with one attached hydrogen (secondary N) is 2. The standard InChI is InChI=1S/C18H14F3N5O2S/c19-18(20,21)10-5-6-14-24-25-15(26(14)9-10)8-22-16(27)7-13-17(28)23-11-3-1-2-4-12(11)29-13/h1-6,9,13H,7-8H2,(H,22,27)(H,23,28)/t13-/m0/s1. The minimum absolute atomic E-state index is 0.0740. The SMILES string of the molecule is O=C(C[C@@H]1Sc2ccccc2NC1=O)NCc1nnc2ccc(C(F)(F)F)cn12. The normalized spacial score (nSPS) is 16.4. The van der Waals surface area contributed by atoms with Crippen molar-refractivity contribution in [1.82, 2.24) is 19.9 Å². The number of anilines is 1. The molecule has 0 bridgehead atoms. The van der Waals surface area contributed by atoms with Crippen molar-refractivity contribution in [1.29, 1.82) is 0 Å². The molecule has 0 spiro atoms. The number of carbonyl (C=O) groups excluding carboxylic acids is 2. The molecular formula is C18H14F3N5O2S. The van der Waals surface area contributed by atoms with Gasteiger partial charge >= 0.3 is 6.18 Å². The smallest absolute Gasteiger partial charge is 0.349 e. The van der Waals surface area contributed by atoms with Crippen LogP contribution in [-0.4, -0.2) is 31.7 Å². The largest absolute Gasteiger partial charge is 0.417 e. The summed E-state index contributed by atoms with van der Waals surface area (Å²) < 4.78 is 39.9. The molecule has 1 aromatic carbocycles. The summed E-state index contributed by atoms with van der Waals surface area (Å²) in [7, 11) is 0. The van der Waals surface area contributed by atoms with Crippen molar-refractivity contribution in [2.45, 2.75) is 29.3 Å². The second kappa shape index (κ2) is 7.39. The zero-order valence-electron chi connectivity index (χ0n) is 14.7. The van der Waals surface area contributed by atoms with Gasteiger partial charge in [-0.25, -0.2) is 0 Å². The minimum Gasteiger partial charge on any atom is -0.349 e. The van der Waals surface area contributed by atoms with Crippen molar-refractivity contribution in [2.24, 2.45) is 0 Å². The summed E-state index contributed by atoms with van der Waals surface area (Å²) >= 11 is 1.29. The van der Waals surface area contributed by atoms with Crippen molar-refractivity contribution in [2.75, 3.05) is 5.32 Å². The third-order valence-electron chi connectivity index (χ3n) is 4.32. The number of para-hydroxylation sites is 1. The highest BCUT2D eigenvalue weighted by Gasteiger charge is 2.31. The molecule has 3 heterocycles. The second-order valence-corrected chi connectivity index (χ2v) is 7.58. The molecule has 0 saturated carbocycles. The fourth-order valence-electron chi connectivity index (χ4n) is 2.87. The maximum absolute atomic E-state index is 12.9. The molecule has 1 aliphatic heterocycles. The van der Waals surface area contributed by atoms with Gasteiger partial charge in [-0.15, -0.1) is 22.0 Å². The first kappa shape index (κ1) is 19.2. The van der Waals surface area contributed by atoms with Crippen LogP contribution < -0.4 is 10.6 Å². The molecule has 29 heavy (non-hydrogen) atoms. The zero-order valence-corrected chi connectivity index (χ0v) is 15.5. The van der Waals surface area contributed by atoms with Gasteiger partial charge in [0.25, 0.3) is 0 Å². The topological polar surface area (TPSA) is 88.4 Å². The molecule has 1 aliphatic rings. The van der Waals surface area contributed by atoms with Gasteiger partial charge in [-0.3, -0.25) is 14.0 Å². The number of thioether (sulfide) groups is 1. The number of hydrogen-bond donors (Lipinski definition) is 2. The average molecular weight is 421 g/mol. The molecular weight excluding hydrogens is 407 g/mol. The Morgan fingerprint density at radius 1 is 1.21 bits per heavy atom. The summed E-state index contributed by atoms with van der Waals surface area (Å²) in [6.45, 7) is -0.114. The first-order valence-electron chi connectivity index (χ1n) is 8.55. The van der Waals surface area contributed by atoms with Crippen LogP contribution in [0.5, 0.6) is 0 Å². The molecule has 0 unspecified atom stereocenters. The van der Waals surface area contributed by atoms with E-state index in [4.69, 9.17) is 0 Å². The van der Waals surface area contributed by atoms with E-state index in [1.807, 2.05) is 12.1 Å². The summed E-state index contributed by atoms with van der Waals surface area (Å²) in [5.41, 5.74) is 0.0990. The lowest BCUT2D eigenvalue weighted by Crippen LogP contribution is -2.34. The Labute approximate surface area is 166 Å². The molecule has 0 fully saturated rings. The molecule has 7 nitrogen and oxygen atoms in total. The Bertz CT molecular complexity index is 1100. The molecule has 11 heteroatoms. The van der Waals surface area contributed by atoms with Gasteiger partial charge in [-0.2, -0.15) is 13.2 Å². The highest BCUT2D eigenvalue weighted by atomic mass is 32.2. The number of nitrogens with zero attached hydrogens (tertiary/aromatic N) is 3. The number of carbonyl (C=O) groups is 2. The van der Waals surface area contributed by atoms with Gasteiger partial charge in [0.2, 0.25) is 11.8 Å². The lowest BCUT2D eigenvalue weighted by Gasteiger charge is -2.23. The minimum atomic E-state index is -4.50. The molecule has 2 N–H and O–H groups in total. The first-order chi connectivity index (χ1) is 13.8. The first-order valence-corrected chi connectivity index (χ1v) is 9.43. The van der Waals surface area contributed by atoms with Crippen molar-refractivity contribution in [3.8, 4) is 0 Å². The number of rotatable bonds is 4. The number of benzene rings is 1. The number of aromatic nitrogens is 3. The van der Waals surface area contributed by atoms with Gasteiger partial charge < -0.3 is 10.6 Å². The van der Waals surface area contributed by atoms with E-state index in [1.165, 1.54) is 22.2 Å². The lowest BCUT2D eigenvalue weighted by molar-refractivity contribution is -0.137. The van der Waals surface area contributed by atoms with Crippen molar-refractivity contribution in [3.63, 3.8) is 0 Å². The monoisotopic (exact) mass is 421 g/mol. The summed E-state index contributed by atoms with van der Waals surface area (Å²) in [5, 5.41) is 12.4. The van der Waals surface area contributed by atoms with E-state index in [1.54, 1.807) is 12.1 Å². The van der Waals surface area contributed by atoms with E-state index in [0.717, 1.165) is 17.2 Å². The zero-order chi connectivity index (χ0) is 20.6. The van der Waals surface area contributed by atoms with Crippen LogP contribution in [0.15, 0.2) is 47.5 Å². The maximum Gasteiger partial charge on any atom is 0.417 e. The molecule has 4 rings (SSSR count). The fourth-order valence-corrected chi connectivity index (χ4v) is 3.98. The third kappa shape index (κ3) is 4.04. The highest BCUT2D eigenvalue weighted by Crippen LogP contribution is 2.36. The van der Waals surface area contributed by atoms with Crippen molar-refractivity contribution in [3.05, 3.63) is 54.0 Å². The van der Waals surface area contributed by atoms with Crippen LogP contribution in [0.4, 0.5) is 18.9 Å². The number of hydrogen-bond acceptors (Lipinski definition) is 5. The van der Waals surface area contributed by atoms with Gasteiger partial charge in [-0.05, 0) is 24.3 Å². The Morgan fingerprint density at radius 2 is 2.00 bits per heavy atom. The molecule has 0 radical (unpaired) electrons. The van der Waals surface area contributed by atoms with Crippen LogP contribution >= 0.6 is 11.8 Å². The molecule has 3 aromatic rings. The lowest BCUT2D eigenvalue weighted by atomic mass is 10.2. The Balaban J connectivity index is 1.42. The maximum atomic E-state index is 12.9. The summed E-state index contributed by atoms with van der Waals surface area (Å²) in [5.74, 6) is -0.530. The van der Waals surface area contributed by atoms with Gasteiger partial charge in [-0.1, -0.05) is 12.1 Å². The highest BCUT2D eigenvalue weighted by molar-refractivity contribution is 8.01. The summed E-state index contributed by atoms with van der Waals surface area (Å²) in [6, 6.07) is 9.41. The number of fused-ring (bicyclic) bond motifs is 2. The second-order valence-electron chi connectivity index (χ2n) is 6.33. The number of alkyl halides is 3. The predicted molar refractivity (Wildman–Crippen MR) is 99.2 cm³/mol. The summed E-state index contributed by atoms with van der Waals surface area (Å²) in [4.78, 5) is 25.3. The quantitative estimate of drug-likeness (QED) is 0.676. The van der Waals surface area contributed by atoms with Gasteiger partial charge in [0.15, 0.2) is 11.5 Å². The van der Waals surface area contributed by atoms with Crippen LogP contribution in [0.2, 0.25) is 0 Å². The third-order valence-corrected chi connectivity index (χ3v) is 5.60. The summed E-state index contributed by atoms with van der Waals surface area (Å²) in [6.07, 6.45) is -3.69. The predicted octanol–water partition coefficient (Wildman–Crippen LogP) is 2.87. The van der Waals surface area contributed by atoms with E-state index in [9.17, 15) is 22.8 Å². The number of pyridine rings is 1. The molecule has 2 aromatic heterocycles. The van der Waals surface area contributed by atoms with Crippen LogP contribution in [0.1, 0.15) is 17.8 Å². The number of amides is 2. The Hall–Kier alpha value is -3.08. The number of halogens is 3. The average Bonchev–Trinajstić information content (AvgIpc) is 3.08. The molecule has 0 saturated heterocycles. The van der Waals surface area contributed by atoms with Crippen LogP contribution in [-0.2, 0) is 22.3 Å². The molecule has 2 amide bonds. The molecule has 1 atom stereocenters. The van der Waals surface area contributed by atoms with Crippen LogP contribution in [0.25, 0.3) is 5.65 Å². The van der Waals surface area contributed by atoms with E-state index < -0.39 is 22.9 Å². The van der Waals surface area contributed by atoms with E-state index in [2.05, 4.69) is 20.8 Å². The van der Waals surface area contributed by atoms with Gasteiger partial charge in [0.05, 0.1) is 23.0 Å². The van der Waals surface area contributed by atoms with Gasteiger partial charge in [0, 0.05) is 17.5 Å². The fraction of sp³-hybridized carbons (Fsp3) is 0.222. The van der Waals surface area contributed by atoms with Crippen molar-refractivity contribution >= 4 is 34.9 Å². The molecule has 150 valence electrons. The van der Waals surface area contributed by atoms with Gasteiger partial charge in [0.1, 0.15) is 0 Å². The van der Waals surface area contributed by atoms with Crippen LogP contribution in [0.3, 0.4) is 0 Å². The Kier molecular flexibility index (Phi) is 4.91. The van der Waals surface area contributed by atoms with Crippen molar-refractivity contribution < 1.29 is 22.8 Å². The van der Waals surface area contributed by atoms with E-state index in [-0.39, 0.29) is 30.3 Å². The van der Waals surface area contributed by atoms with E-state index >= 15 is 0 Å². The van der Waals surface area contributed by atoms with E-state index in [0.29, 0.717) is 5.69 Å². The van der Waals surface area contributed by atoms with Crippen LogP contribution in [0, 0.1) is 0 Å². The Morgan fingerprint density at radius 3 is 2.79 bits per heavy atom.